The van der Waals surface area contributed by atoms with E-state index in [0.717, 1.165) is 12.8 Å². The number of piperidine rings is 1. The average molecular weight is 414 g/mol. The van der Waals surface area contributed by atoms with Crippen molar-refractivity contribution in [3.05, 3.63) is 53.5 Å². The average Bonchev–Trinajstić information content (AvgIpc) is 3.25. The lowest BCUT2D eigenvalue weighted by Gasteiger charge is -2.30. The first kappa shape index (κ1) is 19.2. The largest absolute Gasteiger partial charge is 0.495 e. The molecule has 1 fully saturated rings. The number of benzene rings is 1. The number of ether oxygens (including phenoxy) is 1. The number of halogens is 1. The first-order chi connectivity index (χ1) is 14.1. The molecule has 1 N–H and O–H groups in total. The first-order valence-corrected chi connectivity index (χ1v) is 9.66. The number of nitrogens with zero attached hydrogens (tertiary/aromatic N) is 4. The molecule has 0 atom stereocenters. The van der Waals surface area contributed by atoms with Crippen LogP contribution in [0, 0.1) is 0 Å². The molecule has 0 spiro atoms. The molecule has 4 rings (SSSR count). The van der Waals surface area contributed by atoms with Crippen molar-refractivity contribution in [2.45, 2.75) is 18.8 Å². The second-order valence-corrected chi connectivity index (χ2v) is 7.12. The van der Waals surface area contributed by atoms with Crippen molar-refractivity contribution >= 4 is 23.3 Å². The van der Waals surface area contributed by atoms with Crippen molar-refractivity contribution in [1.29, 1.82) is 0 Å². The summed E-state index contributed by atoms with van der Waals surface area (Å²) in [5, 5.41) is 7.35. The highest BCUT2D eigenvalue weighted by atomic mass is 35.5. The number of urea groups is 1. The molecule has 0 aliphatic carbocycles. The van der Waals surface area contributed by atoms with Gasteiger partial charge in [-0.2, -0.15) is 4.98 Å². The van der Waals surface area contributed by atoms with E-state index in [-0.39, 0.29) is 11.9 Å². The van der Waals surface area contributed by atoms with Crippen molar-refractivity contribution in [2.75, 3.05) is 25.5 Å². The van der Waals surface area contributed by atoms with Crippen molar-refractivity contribution in [2.24, 2.45) is 0 Å². The van der Waals surface area contributed by atoms with Crippen LogP contribution in [0.25, 0.3) is 11.5 Å². The number of anilines is 1. The van der Waals surface area contributed by atoms with Gasteiger partial charge in [-0.15, -0.1) is 0 Å². The van der Waals surface area contributed by atoms with Crippen LogP contribution in [0.5, 0.6) is 5.75 Å². The summed E-state index contributed by atoms with van der Waals surface area (Å²) in [7, 11) is 1.55. The second-order valence-electron chi connectivity index (χ2n) is 6.71. The van der Waals surface area contributed by atoms with E-state index in [0.29, 0.717) is 47.0 Å². The molecule has 1 aliphatic heterocycles. The Morgan fingerprint density at radius 3 is 2.79 bits per heavy atom. The van der Waals surface area contributed by atoms with Gasteiger partial charge in [0.05, 0.1) is 12.1 Å². The Labute approximate surface area is 172 Å². The summed E-state index contributed by atoms with van der Waals surface area (Å²) in [5.74, 6) is 1.76. The van der Waals surface area contributed by atoms with Gasteiger partial charge in [0, 0.05) is 30.9 Å². The van der Waals surface area contributed by atoms with Gasteiger partial charge in [0.2, 0.25) is 11.7 Å². The quantitative estimate of drug-likeness (QED) is 0.688. The van der Waals surface area contributed by atoms with E-state index in [1.54, 1.807) is 36.4 Å². The number of aromatic nitrogens is 3. The molecule has 0 unspecified atom stereocenters. The summed E-state index contributed by atoms with van der Waals surface area (Å²) < 4.78 is 10.6. The molecule has 0 radical (unpaired) electrons. The number of carbonyl (C=O) groups is 1. The normalized spacial score (nSPS) is 14.6. The molecule has 0 bridgehead atoms. The van der Waals surface area contributed by atoms with Crippen molar-refractivity contribution in [1.82, 2.24) is 20.0 Å². The number of methoxy groups -OCH3 is 1. The highest BCUT2D eigenvalue weighted by Gasteiger charge is 2.28. The van der Waals surface area contributed by atoms with E-state index < -0.39 is 0 Å². The zero-order valence-electron chi connectivity index (χ0n) is 15.8. The number of pyridine rings is 1. The fourth-order valence-electron chi connectivity index (χ4n) is 3.28. The zero-order valence-corrected chi connectivity index (χ0v) is 16.6. The maximum Gasteiger partial charge on any atom is 0.321 e. The number of carbonyl (C=O) groups excluding carboxylic acids is 1. The van der Waals surface area contributed by atoms with Crippen LogP contribution in [0.1, 0.15) is 24.7 Å². The Balaban J connectivity index is 1.34. The molecule has 3 heterocycles. The molecule has 9 heteroatoms. The van der Waals surface area contributed by atoms with Gasteiger partial charge in [-0.1, -0.05) is 22.8 Å². The minimum Gasteiger partial charge on any atom is -0.495 e. The molecule has 29 heavy (non-hydrogen) atoms. The van der Waals surface area contributed by atoms with E-state index in [4.69, 9.17) is 20.9 Å². The van der Waals surface area contributed by atoms with Crippen LogP contribution in [-0.2, 0) is 0 Å². The summed E-state index contributed by atoms with van der Waals surface area (Å²) in [5.41, 5.74) is 1.30. The standard InChI is InChI=1S/C20H20ClN5O3/c1-28-17-6-5-14(12-15(17)21)23-20(27)26-10-7-13(8-11-26)19-24-18(25-29-19)16-4-2-3-9-22-16/h2-6,9,12-13H,7-8,10-11H2,1H3,(H,23,27). The third kappa shape index (κ3) is 4.32. The molecular formula is C20H20ClN5O3. The third-order valence-electron chi connectivity index (χ3n) is 4.87. The topological polar surface area (TPSA) is 93.4 Å². The minimum absolute atomic E-state index is 0.124. The molecule has 2 aromatic heterocycles. The molecule has 1 aromatic carbocycles. The fourth-order valence-corrected chi connectivity index (χ4v) is 3.53. The number of nitrogens with one attached hydrogen (secondary N) is 1. The Kier molecular flexibility index (Phi) is 5.62. The molecule has 150 valence electrons. The van der Waals surface area contributed by atoms with Gasteiger partial charge in [0.25, 0.3) is 0 Å². The van der Waals surface area contributed by atoms with Gasteiger partial charge in [-0.25, -0.2) is 4.79 Å². The van der Waals surface area contributed by atoms with Crippen LogP contribution in [0.2, 0.25) is 5.02 Å². The van der Waals surface area contributed by atoms with Crippen LogP contribution in [-0.4, -0.2) is 46.3 Å². The highest BCUT2D eigenvalue weighted by Crippen LogP contribution is 2.30. The van der Waals surface area contributed by atoms with E-state index in [1.807, 2.05) is 18.2 Å². The fraction of sp³-hybridized carbons (Fsp3) is 0.300. The van der Waals surface area contributed by atoms with E-state index in [9.17, 15) is 4.79 Å². The SMILES string of the molecule is COc1ccc(NC(=O)N2CCC(c3nc(-c4ccccn4)no3)CC2)cc1Cl. The summed E-state index contributed by atoms with van der Waals surface area (Å²) in [6.07, 6.45) is 3.19. The highest BCUT2D eigenvalue weighted by molar-refractivity contribution is 6.32. The number of hydrogen-bond acceptors (Lipinski definition) is 6. The Morgan fingerprint density at radius 1 is 1.28 bits per heavy atom. The lowest BCUT2D eigenvalue weighted by atomic mass is 9.97. The number of hydrogen-bond donors (Lipinski definition) is 1. The molecular weight excluding hydrogens is 394 g/mol. The van der Waals surface area contributed by atoms with Gasteiger partial charge < -0.3 is 19.5 Å². The summed E-state index contributed by atoms with van der Waals surface area (Å²) in [6.45, 7) is 1.20. The van der Waals surface area contributed by atoms with Crippen molar-refractivity contribution < 1.29 is 14.1 Å². The number of likely N-dealkylation sites (tertiary alicyclic amines) is 1. The molecule has 2 amide bonds. The predicted octanol–water partition coefficient (Wildman–Crippen LogP) is 4.21. The number of amides is 2. The maximum absolute atomic E-state index is 12.5. The van der Waals surface area contributed by atoms with Crippen molar-refractivity contribution in [3.63, 3.8) is 0 Å². The van der Waals surface area contributed by atoms with Crippen LogP contribution in [0.3, 0.4) is 0 Å². The molecule has 1 saturated heterocycles. The summed E-state index contributed by atoms with van der Waals surface area (Å²) in [4.78, 5) is 23.0. The second kappa shape index (κ2) is 8.48. The molecule has 8 nitrogen and oxygen atoms in total. The van der Waals surface area contributed by atoms with E-state index in [1.165, 1.54) is 0 Å². The lowest BCUT2D eigenvalue weighted by molar-refractivity contribution is 0.187. The van der Waals surface area contributed by atoms with Gasteiger partial charge in [-0.05, 0) is 43.2 Å². The lowest BCUT2D eigenvalue weighted by Crippen LogP contribution is -2.40. The Hall–Kier alpha value is -3.13. The van der Waals surface area contributed by atoms with Crippen molar-refractivity contribution in [3.8, 4) is 17.3 Å². The summed E-state index contributed by atoms with van der Waals surface area (Å²) >= 11 is 6.11. The summed E-state index contributed by atoms with van der Waals surface area (Å²) in [6, 6.07) is 10.5. The first-order valence-electron chi connectivity index (χ1n) is 9.28. The maximum atomic E-state index is 12.5. The Morgan fingerprint density at radius 2 is 2.10 bits per heavy atom. The van der Waals surface area contributed by atoms with Crippen LogP contribution < -0.4 is 10.1 Å². The van der Waals surface area contributed by atoms with Gasteiger partial charge >= 0.3 is 6.03 Å². The van der Waals surface area contributed by atoms with E-state index in [2.05, 4.69) is 20.4 Å². The monoisotopic (exact) mass is 413 g/mol. The van der Waals surface area contributed by atoms with E-state index >= 15 is 0 Å². The van der Waals surface area contributed by atoms with Gasteiger partial charge in [0.1, 0.15) is 11.4 Å². The van der Waals surface area contributed by atoms with Crippen LogP contribution in [0.15, 0.2) is 47.1 Å². The molecule has 3 aromatic rings. The smallest absolute Gasteiger partial charge is 0.321 e. The zero-order chi connectivity index (χ0) is 20.2. The minimum atomic E-state index is -0.163. The van der Waals surface area contributed by atoms with Gasteiger partial charge in [0.15, 0.2) is 0 Å². The Bertz CT molecular complexity index is 987. The van der Waals surface area contributed by atoms with Gasteiger partial charge in [-0.3, -0.25) is 4.98 Å². The van der Waals surface area contributed by atoms with Crippen LogP contribution in [0.4, 0.5) is 10.5 Å². The molecule has 0 saturated carbocycles. The third-order valence-corrected chi connectivity index (χ3v) is 5.17. The van der Waals surface area contributed by atoms with Crippen LogP contribution >= 0.6 is 11.6 Å². The predicted molar refractivity (Wildman–Crippen MR) is 108 cm³/mol. The molecule has 1 aliphatic rings. The number of rotatable bonds is 4.